The first kappa shape index (κ1) is 54.0. The first-order chi connectivity index (χ1) is 38.8. The zero-order valence-corrected chi connectivity index (χ0v) is 48.2. The lowest BCUT2D eigenvalue weighted by Crippen LogP contribution is -2.16. The molecule has 0 aliphatic carbocycles. The van der Waals surface area contributed by atoms with Gasteiger partial charge >= 0.3 is 12.4 Å². The van der Waals surface area contributed by atoms with Gasteiger partial charge in [0.1, 0.15) is 5.56 Å². The Labute approximate surface area is 474 Å². The molecule has 10 aromatic carbocycles. The van der Waals surface area contributed by atoms with Crippen molar-refractivity contribution in [3.05, 3.63) is 236 Å². The second-order valence-electron chi connectivity index (χ2n) is 23.2. The number of aryl methyl sites for hydroxylation is 12. The molecule has 2 heterocycles. The minimum Gasteiger partial charge on any atom is -0.309 e. The predicted octanol–water partition coefficient (Wildman–Crippen LogP) is 22.0. The Kier molecular flexibility index (Phi) is 12.9. The van der Waals surface area contributed by atoms with Gasteiger partial charge in [-0.05, 0) is 256 Å². The Balaban J connectivity index is 1.24. The van der Waals surface area contributed by atoms with Crippen molar-refractivity contribution >= 4 is 43.6 Å². The number of nitrogens with zero attached hydrogens (tertiary/aromatic N) is 2. The van der Waals surface area contributed by atoms with Crippen molar-refractivity contribution in [1.82, 2.24) is 9.13 Å². The Hall–Kier alpha value is -8.62. The standard InChI is InChI=1S/C74H62F6N2/c1-39-24-43(5)68(44(6)25-39)52-16-20-62-58(33-52)59-34-53(69-45(7)26-40(2)27-46(69)8)17-21-63(59)81(62)66-37-56(51-14-13-15-57(32-51)73(75,76)77)38-67(72(66)74(78,79)80)82-64-22-18-54(70-47(9)28-41(3)29-48(70)10)35-60(64)61-36-55(19-23-65(61)82)71-49(11)30-42(4)31-50(71)12/h13-38H,1-12H3. The van der Waals surface area contributed by atoms with E-state index in [1.54, 1.807) is 9.13 Å². The van der Waals surface area contributed by atoms with E-state index in [1.165, 1.54) is 24.3 Å². The fraction of sp³-hybridized carbons (Fsp3) is 0.189. The van der Waals surface area contributed by atoms with Crippen LogP contribution in [-0.4, -0.2) is 9.13 Å². The number of rotatable bonds is 7. The molecule has 0 aliphatic heterocycles. The topological polar surface area (TPSA) is 9.86 Å². The van der Waals surface area contributed by atoms with Gasteiger partial charge < -0.3 is 9.13 Å². The van der Waals surface area contributed by atoms with E-state index in [0.717, 1.165) is 145 Å². The van der Waals surface area contributed by atoms with E-state index in [0.29, 0.717) is 22.1 Å². The van der Waals surface area contributed by atoms with Crippen LogP contribution in [0.1, 0.15) is 77.9 Å². The summed E-state index contributed by atoms with van der Waals surface area (Å²) in [6.45, 7) is 24.8. The molecule has 410 valence electrons. The van der Waals surface area contributed by atoms with Crippen LogP contribution in [0.3, 0.4) is 0 Å². The lowest BCUT2D eigenvalue weighted by atomic mass is 9.91. The van der Waals surface area contributed by atoms with Crippen LogP contribution in [0.25, 0.3) is 111 Å². The lowest BCUT2D eigenvalue weighted by Gasteiger charge is -2.23. The van der Waals surface area contributed by atoms with Crippen LogP contribution >= 0.6 is 0 Å². The lowest BCUT2D eigenvalue weighted by molar-refractivity contribution is -0.138. The van der Waals surface area contributed by atoms with E-state index in [4.69, 9.17) is 0 Å². The van der Waals surface area contributed by atoms with Crippen molar-refractivity contribution in [1.29, 1.82) is 0 Å². The van der Waals surface area contributed by atoms with Gasteiger partial charge in [-0.3, -0.25) is 0 Å². The number of aromatic nitrogens is 2. The van der Waals surface area contributed by atoms with Gasteiger partial charge in [0.15, 0.2) is 0 Å². The molecule has 0 saturated heterocycles. The first-order valence-corrected chi connectivity index (χ1v) is 27.8. The second-order valence-corrected chi connectivity index (χ2v) is 23.2. The highest BCUT2D eigenvalue weighted by molar-refractivity contribution is 6.14. The fourth-order valence-electron chi connectivity index (χ4n) is 14.0. The summed E-state index contributed by atoms with van der Waals surface area (Å²) in [6, 6.07) is 48.7. The van der Waals surface area contributed by atoms with Gasteiger partial charge in [-0.25, -0.2) is 0 Å². The highest BCUT2D eigenvalue weighted by Gasteiger charge is 2.40. The molecule has 0 bridgehead atoms. The molecule has 0 amide bonds. The summed E-state index contributed by atoms with van der Waals surface area (Å²) in [5.74, 6) is 0. The average Bonchev–Trinajstić information content (AvgIpc) is 2.60. The number of hydrogen-bond acceptors (Lipinski definition) is 0. The summed E-state index contributed by atoms with van der Waals surface area (Å²) >= 11 is 0. The summed E-state index contributed by atoms with van der Waals surface area (Å²) in [6.07, 6.45) is -9.73. The van der Waals surface area contributed by atoms with Crippen molar-refractivity contribution < 1.29 is 26.3 Å². The Bertz CT molecular complexity index is 4090. The van der Waals surface area contributed by atoms with E-state index in [9.17, 15) is 13.2 Å². The highest BCUT2D eigenvalue weighted by atomic mass is 19.4. The number of fused-ring (bicyclic) bond motifs is 6. The van der Waals surface area contributed by atoms with E-state index in [2.05, 4.69) is 156 Å². The molecule has 12 rings (SSSR count). The zero-order valence-electron chi connectivity index (χ0n) is 48.2. The van der Waals surface area contributed by atoms with Crippen molar-refractivity contribution in [2.75, 3.05) is 0 Å². The fourth-order valence-corrected chi connectivity index (χ4v) is 14.0. The molecule has 0 fully saturated rings. The Morgan fingerprint density at radius 3 is 0.805 bits per heavy atom. The maximum Gasteiger partial charge on any atom is 0.420 e. The molecule has 0 saturated carbocycles. The SMILES string of the molecule is Cc1cc(C)c(-c2ccc3c(c2)c2cc(-c4c(C)cc(C)cc4C)ccc2n3-c2cc(-c3cccc(C(F)(F)F)c3)cc(-n3c4ccc(-c5c(C)cc(C)cc5C)cc4c4cc(-c5c(C)cc(C)cc5C)ccc43)c2C(F)(F)F)c(C)c1. The van der Waals surface area contributed by atoms with Crippen molar-refractivity contribution in [3.63, 3.8) is 0 Å². The average molecular weight is 1090 g/mol. The molecule has 0 unspecified atom stereocenters. The van der Waals surface area contributed by atoms with E-state index in [-0.39, 0.29) is 22.5 Å². The van der Waals surface area contributed by atoms with E-state index < -0.39 is 23.5 Å². The number of hydrogen-bond donors (Lipinski definition) is 0. The molecule has 0 atom stereocenters. The van der Waals surface area contributed by atoms with Crippen LogP contribution < -0.4 is 0 Å². The first-order valence-electron chi connectivity index (χ1n) is 27.8. The van der Waals surface area contributed by atoms with E-state index in [1.807, 2.05) is 48.5 Å². The molecule has 2 nitrogen and oxygen atoms in total. The molecule has 8 heteroatoms. The smallest absolute Gasteiger partial charge is 0.309 e. The summed E-state index contributed by atoms with van der Waals surface area (Å²) in [5.41, 5.74) is 21.0. The predicted molar refractivity (Wildman–Crippen MR) is 329 cm³/mol. The zero-order chi connectivity index (χ0) is 58.2. The highest BCUT2D eigenvalue weighted by Crippen LogP contribution is 2.49. The van der Waals surface area contributed by atoms with Gasteiger partial charge in [0.25, 0.3) is 0 Å². The molecule has 2 aromatic heterocycles. The summed E-state index contributed by atoms with van der Waals surface area (Å²) in [7, 11) is 0. The molecule has 0 aliphatic rings. The molecular formula is C74H62F6N2. The van der Waals surface area contributed by atoms with Gasteiger partial charge in [-0.15, -0.1) is 0 Å². The van der Waals surface area contributed by atoms with Crippen molar-refractivity contribution in [2.24, 2.45) is 0 Å². The monoisotopic (exact) mass is 1090 g/mol. The molecule has 0 N–H and O–H groups in total. The van der Waals surface area contributed by atoms with Crippen LogP contribution in [0.2, 0.25) is 0 Å². The summed E-state index contributed by atoms with van der Waals surface area (Å²) in [4.78, 5) is 0. The molecule has 0 radical (unpaired) electrons. The van der Waals surface area contributed by atoms with Gasteiger partial charge in [0.2, 0.25) is 0 Å². The quantitative estimate of drug-likeness (QED) is 0.141. The van der Waals surface area contributed by atoms with Gasteiger partial charge in [-0.1, -0.05) is 107 Å². The maximum absolute atomic E-state index is 17.3. The van der Waals surface area contributed by atoms with Crippen molar-refractivity contribution in [3.8, 4) is 67.0 Å². The van der Waals surface area contributed by atoms with Gasteiger partial charge in [0, 0.05) is 21.5 Å². The third kappa shape index (κ3) is 9.08. The third-order valence-corrected chi connectivity index (χ3v) is 16.8. The van der Waals surface area contributed by atoms with Gasteiger partial charge in [-0.2, -0.15) is 26.3 Å². The second kappa shape index (κ2) is 19.5. The summed E-state index contributed by atoms with van der Waals surface area (Å²) < 4.78 is 99.5. The van der Waals surface area contributed by atoms with Crippen LogP contribution in [-0.2, 0) is 12.4 Å². The molecule has 12 aromatic rings. The van der Waals surface area contributed by atoms with Crippen LogP contribution in [0.15, 0.2) is 158 Å². The number of halogens is 6. The van der Waals surface area contributed by atoms with Crippen LogP contribution in [0, 0.1) is 83.1 Å². The number of benzene rings is 10. The Morgan fingerprint density at radius 2 is 0.549 bits per heavy atom. The summed E-state index contributed by atoms with van der Waals surface area (Å²) in [5, 5.41) is 2.93. The molecule has 0 spiro atoms. The van der Waals surface area contributed by atoms with Crippen LogP contribution in [0.5, 0.6) is 0 Å². The molecule has 82 heavy (non-hydrogen) atoms. The third-order valence-electron chi connectivity index (χ3n) is 16.8. The van der Waals surface area contributed by atoms with Crippen molar-refractivity contribution in [2.45, 2.75) is 95.4 Å². The molecular weight excluding hydrogens is 1030 g/mol. The normalized spacial score (nSPS) is 12.3. The largest absolute Gasteiger partial charge is 0.420 e. The maximum atomic E-state index is 17.3. The Morgan fingerprint density at radius 1 is 0.268 bits per heavy atom. The minimum atomic E-state index is -5.01. The van der Waals surface area contributed by atoms with E-state index >= 15 is 13.2 Å². The number of alkyl halides is 6. The van der Waals surface area contributed by atoms with Crippen LogP contribution in [0.4, 0.5) is 26.3 Å². The minimum absolute atomic E-state index is 0.119. The van der Waals surface area contributed by atoms with Gasteiger partial charge in [0.05, 0.1) is 39.0 Å².